The monoisotopic (exact) mass is 377 g/mol. The van der Waals surface area contributed by atoms with Gasteiger partial charge in [0.1, 0.15) is 0 Å². The van der Waals surface area contributed by atoms with Crippen LogP contribution in [0.1, 0.15) is 23.6 Å². The highest BCUT2D eigenvalue weighted by molar-refractivity contribution is 6.30. The highest BCUT2D eigenvalue weighted by atomic mass is 16.2. The van der Waals surface area contributed by atoms with Crippen molar-refractivity contribution in [3.05, 3.63) is 59.2 Å². The molecule has 1 spiro atoms. The topological polar surface area (TPSA) is 69.7 Å². The van der Waals surface area contributed by atoms with Gasteiger partial charge in [-0.05, 0) is 49.1 Å². The third kappa shape index (κ3) is 2.68. The summed E-state index contributed by atoms with van der Waals surface area (Å²) in [6, 6.07) is 12.6. The molecule has 4 amide bonds. The van der Waals surface area contributed by atoms with Gasteiger partial charge in [0.05, 0.1) is 5.69 Å². The van der Waals surface area contributed by atoms with Gasteiger partial charge in [-0.3, -0.25) is 14.9 Å². The minimum absolute atomic E-state index is 0.227. The van der Waals surface area contributed by atoms with E-state index in [0.717, 1.165) is 33.7 Å². The summed E-state index contributed by atoms with van der Waals surface area (Å²) >= 11 is 0. The third-order valence-electron chi connectivity index (χ3n) is 5.72. The van der Waals surface area contributed by atoms with Gasteiger partial charge in [0.15, 0.2) is 5.41 Å². The van der Waals surface area contributed by atoms with Crippen LogP contribution in [0.15, 0.2) is 42.5 Å². The number of rotatable bonds is 2. The lowest BCUT2D eigenvalue weighted by Gasteiger charge is -2.45. The summed E-state index contributed by atoms with van der Waals surface area (Å²) in [5.74, 6) is -0.993. The number of benzene rings is 2. The molecule has 2 aromatic carbocycles. The van der Waals surface area contributed by atoms with E-state index in [4.69, 9.17) is 0 Å². The summed E-state index contributed by atoms with van der Waals surface area (Å²) < 4.78 is 0. The second-order valence-electron chi connectivity index (χ2n) is 7.67. The standard InChI is InChI=1S/C22H23N3O3/c1-4-15-6-8-17(9-7-15)25-20(27)22(19(26)23-21(25)28)12-16-11-14(2)5-10-18(16)24(3)13-22/h5-11H,4,12-13H2,1-3H3,(H,23,26,28). The summed E-state index contributed by atoms with van der Waals surface area (Å²) in [7, 11) is 1.87. The Balaban J connectivity index is 1.77. The summed E-state index contributed by atoms with van der Waals surface area (Å²) in [4.78, 5) is 42.0. The molecule has 1 atom stereocenters. The lowest BCUT2D eigenvalue weighted by molar-refractivity contribution is -0.142. The number of urea groups is 1. The van der Waals surface area contributed by atoms with Gasteiger partial charge in [-0.25, -0.2) is 9.69 Å². The lowest BCUT2D eigenvalue weighted by atomic mass is 9.74. The second kappa shape index (κ2) is 6.48. The van der Waals surface area contributed by atoms with Crippen LogP contribution in [0, 0.1) is 12.3 Å². The van der Waals surface area contributed by atoms with Crippen molar-refractivity contribution in [1.29, 1.82) is 0 Å². The molecule has 0 aliphatic carbocycles. The molecule has 2 heterocycles. The van der Waals surface area contributed by atoms with E-state index in [2.05, 4.69) is 5.32 Å². The van der Waals surface area contributed by atoms with Crippen LogP contribution in [0.3, 0.4) is 0 Å². The maximum atomic E-state index is 13.5. The summed E-state index contributed by atoms with van der Waals surface area (Å²) in [5.41, 5.74) is 3.27. The minimum Gasteiger partial charge on any atom is -0.373 e. The molecule has 6 nitrogen and oxygen atoms in total. The Hall–Kier alpha value is -3.15. The molecule has 0 aromatic heterocycles. The molecule has 4 rings (SSSR count). The maximum Gasteiger partial charge on any atom is 0.335 e. The molecule has 0 saturated carbocycles. The first-order valence-corrected chi connectivity index (χ1v) is 9.45. The fraction of sp³-hybridized carbons (Fsp3) is 0.318. The molecule has 1 unspecified atom stereocenters. The van der Waals surface area contributed by atoms with Crippen LogP contribution in [-0.2, 0) is 22.4 Å². The van der Waals surface area contributed by atoms with Crippen LogP contribution >= 0.6 is 0 Å². The second-order valence-corrected chi connectivity index (χ2v) is 7.67. The maximum absolute atomic E-state index is 13.5. The Morgan fingerprint density at radius 3 is 2.46 bits per heavy atom. The van der Waals surface area contributed by atoms with Gasteiger partial charge >= 0.3 is 6.03 Å². The zero-order valence-electron chi connectivity index (χ0n) is 16.3. The quantitative estimate of drug-likeness (QED) is 0.817. The van der Waals surface area contributed by atoms with Crippen molar-refractivity contribution >= 4 is 29.2 Å². The number of aryl methyl sites for hydroxylation is 2. The van der Waals surface area contributed by atoms with E-state index in [9.17, 15) is 14.4 Å². The molecule has 28 heavy (non-hydrogen) atoms. The van der Waals surface area contributed by atoms with Gasteiger partial charge in [0.25, 0.3) is 5.91 Å². The number of hydrogen-bond acceptors (Lipinski definition) is 4. The van der Waals surface area contributed by atoms with Crippen molar-refractivity contribution in [3.63, 3.8) is 0 Å². The number of nitrogens with zero attached hydrogens (tertiary/aromatic N) is 2. The minimum atomic E-state index is -1.33. The van der Waals surface area contributed by atoms with Gasteiger partial charge in [-0.2, -0.15) is 0 Å². The van der Waals surface area contributed by atoms with E-state index in [-0.39, 0.29) is 13.0 Å². The van der Waals surface area contributed by atoms with E-state index in [0.29, 0.717) is 5.69 Å². The van der Waals surface area contributed by atoms with E-state index in [1.807, 2.05) is 56.1 Å². The van der Waals surface area contributed by atoms with Crippen molar-refractivity contribution in [2.75, 3.05) is 23.4 Å². The van der Waals surface area contributed by atoms with Crippen LogP contribution < -0.4 is 15.1 Å². The van der Waals surface area contributed by atoms with Gasteiger partial charge in [-0.1, -0.05) is 36.8 Å². The fourth-order valence-electron chi connectivity index (χ4n) is 4.19. The van der Waals surface area contributed by atoms with Gasteiger partial charge in [0.2, 0.25) is 5.91 Å². The number of imide groups is 2. The molecule has 6 heteroatoms. The number of barbiturate groups is 1. The molecule has 144 valence electrons. The van der Waals surface area contributed by atoms with E-state index < -0.39 is 23.3 Å². The first-order chi connectivity index (χ1) is 13.4. The number of amides is 4. The number of carbonyl (C=O) groups is 3. The Bertz CT molecular complexity index is 983. The number of anilines is 2. The predicted molar refractivity (Wildman–Crippen MR) is 107 cm³/mol. The molecule has 1 saturated heterocycles. The van der Waals surface area contributed by atoms with Gasteiger partial charge in [0, 0.05) is 19.3 Å². The predicted octanol–water partition coefficient (Wildman–Crippen LogP) is 2.82. The smallest absolute Gasteiger partial charge is 0.335 e. The van der Waals surface area contributed by atoms with E-state index in [1.54, 1.807) is 12.1 Å². The number of carbonyl (C=O) groups excluding carboxylic acids is 3. The summed E-state index contributed by atoms with van der Waals surface area (Å²) in [6.45, 7) is 4.25. The Kier molecular flexibility index (Phi) is 4.22. The van der Waals surface area contributed by atoms with E-state index in [1.165, 1.54) is 0 Å². The SMILES string of the molecule is CCc1ccc(N2C(=O)NC(=O)C3(Cc4cc(C)ccc4N(C)C3)C2=O)cc1. The van der Waals surface area contributed by atoms with Crippen LogP contribution in [0.4, 0.5) is 16.2 Å². The van der Waals surface area contributed by atoms with Crippen molar-refractivity contribution in [2.24, 2.45) is 5.41 Å². The Labute approximate surface area is 164 Å². The normalized spacial score (nSPS) is 21.8. The molecule has 2 aromatic rings. The zero-order chi connectivity index (χ0) is 20.1. The Morgan fingerprint density at radius 1 is 1.07 bits per heavy atom. The van der Waals surface area contributed by atoms with Crippen molar-refractivity contribution in [1.82, 2.24) is 5.32 Å². The molecule has 1 fully saturated rings. The highest BCUT2D eigenvalue weighted by Crippen LogP contribution is 2.40. The molecule has 2 aliphatic rings. The van der Waals surface area contributed by atoms with E-state index >= 15 is 0 Å². The molecule has 1 N–H and O–H groups in total. The fourth-order valence-corrected chi connectivity index (χ4v) is 4.19. The summed E-state index contributed by atoms with van der Waals surface area (Å²) in [6.07, 6.45) is 1.14. The molecule has 2 aliphatic heterocycles. The molecule has 0 radical (unpaired) electrons. The van der Waals surface area contributed by atoms with Crippen molar-refractivity contribution in [2.45, 2.75) is 26.7 Å². The molecular formula is C22H23N3O3. The van der Waals surface area contributed by atoms with Crippen LogP contribution in [0.25, 0.3) is 0 Å². The van der Waals surface area contributed by atoms with Crippen molar-refractivity contribution in [3.8, 4) is 0 Å². The molecule has 0 bridgehead atoms. The first kappa shape index (κ1) is 18.2. The van der Waals surface area contributed by atoms with Crippen molar-refractivity contribution < 1.29 is 14.4 Å². The number of hydrogen-bond donors (Lipinski definition) is 1. The van der Waals surface area contributed by atoms with Gasteiger partial charge < -0.3 is 4.90 Å². The lowest BCUT2D eigenvalue weighted by Crippen LogP contribution is -2.68. The Morgan fingerprint density at radius 2 is 1.79 bits per heavy atom. The average molecular weight is 377 g/mol. The first-order valence-electron chi connectivity index (χ1n) is 9.45. The molecular weight excluding hydrogens is 354 g/mol. The zero-order valence-corrected chi connectivity index (χ0v) is 16.3. The highest BCUT2D eigenvalue weighted by Gasteiger charge is 2.56. The van der Waals surface area contributed by atoms with Crippen LogP contribution in [0.5, 0.6) is 0 Å². The number of nitrogens with one attached hydrogen (secondary N) is 1. The summed E-state index contributed by atoms with van der Waals surface area (Å²) in [5, 5.41) is 2.41. The van der Waals surface area contributed by atoms with Crippen LogP contribution in [-0.4, -0.2) is 31.4 Å². The average Bonchev–Trinajstić information content (AvgIpc) is 2.67. The van der Waals surface area contributed by atoms with Crippen LogP contribution in [0.2, 0.25) is 0 Å². The number of fused-ring (bicyclic) bond motifs is 1. The van der Waals surface area contributed by atoms with Gasteiger partial charge in [-0.15, -0.1) is 0 Å². The largest absolute Gasteiger partial charge is 0.373 e. The third-order valence-corrected chi connectivity index (χ3v) is 5.72.